The van der Waals surface area contributed by atoms with E-state index in [1.807, 2.05) is 24.1 Å². The lowest BCUT2D eigenvalue weighted by molar-refractivity contribution is 0.0733. The molecule has 136 valence electrons. The number of carbonyl (C=O) groups is 1. The van der Waals surface area contributed by atoms with E-state index in [2.05, 4.69) is 32.3 Å². The number of nitrogens with zero attached hydrogens (tertiary/aromatic N) is 4. The third kappa shape index (κ3) is 3.23. The summed E-state index contributed by atoms with van der Waals surface area (Å²) >= 11 is 0. The van der Waals surface area contributed by atoms with Crippen molar-refractivity contribution >= 4 is 17.4 Å². The molecule has 2 fully saturated rings. The lowest BCUT2D eigenvalue weighted by Crippen LogP contribution is -2.31. The summed E-state index contributed by atoms with van der Waals surface area (Å²) in [5.41, 5.74) is 2.82. The topological polar surface area (TPSA) is 61.4 Å². The van der Waals surface area contributed by atoms with Crippen molar-refractivity contribution in [3.8, 4) is 0 Å². The van der Waals surface area contributed by atoms with Crippen LogP contribution in [0.2, 0.25) is 0 Å². The molecule has 2 aliphatic heterocycles. The minimum atomic E-state index is 0.00144. The van der Waals surface area contributed by atoms with Crippen LogP contribution in [-0.4, -0.2) is 47.5 Å². The number of carbonyl (C=O) groups excluding carboxylic acids is 1. The molecule has 1 aromatic heterocycles. The second kappa shape index (κ2) is 7.32. The molecule has 6 nitrogen and oxygen atoms in total. The number of rotatable bonds is 4. The third-order valence-corrected chi connectivity index (χ3v) is 5.35. The zero-order chi connectivity index (χ0) is 17.9. The Bertz CT molecular complexity index is 770. The Hall–Kier alpha value is -2.63. The van der Waals surface area contributed by atoms with E-state index in [9.17, 15) is 4.79 Å². The molecule has 0 saturated carbocycles. The van der Waals surface area contributed by atoms with Crippen LogP contribution in [-0.2, 0) is 0 Å². The Balaban J connectivity index is 1.52. The zero-order valence-electron chi connectivity index (χ0n) is 15.2. The highest BCUT2D eigenvalue weighted by Crippen LogP contribution is 2.32. The first-order valence-electron chi connectivity index (χ1n) is 9.42. The van der Waals surface area contributed by atoms with Gasteiger partial charge in [-0.1, -0.05) is 0 Å². The first-order chi connectivity index (χ1) is 12.8. The summed E-state index contributed by atoms with van der Waals surface area (Å²) in [7, 11) is 1.83. The van der Waals surface area contributed by atoms with E-state index in [0.29, 0.717) is 0 Å². The maximum atomic E-state index is 13.1. The van der Waals surface area contributed by atoms with Crippen LogP contribution in [0.4, 0.5) is 11.5 Å². The Morgan fingerprint density at radius 1 is 1.08 bits per heavy atom. The first-order valence-corrected chi connectivity index (χ1v) is 9.42. The summed E-state index contributed by atoms with van der Waals surface area (Å²) in [6.07, 6.45) is 7.90. The molecule has 0 radical (unpaired) electrons. The predicted octanol–water partition coefficient (Wildman–Crippen LogP) is 3.10. The summed E-state index contributed by atoms with van der Waals surface area (Å²) in [5, 5.41) is 3.02. The Labute approximate surface area is 154 Å². The van der Waals surface area contributed by atoms with Crippen LogP contribution in [0.15, 0.2) is 36.7 Å². The SMILES string of the molecule is CNc1cncc([C@@H]2CCCN2C(=O)c2ccc(N3CCCC3)cc2)n1. The lowest BCUT2D eigenvalue weighted by Gasteiger charge is -2.25. The van der Waals surface area contributed by atoms with E-state index in [-0.39, 0.29) is 11.9 Å². The van der Waals surface area contributed by atoms with Crippen molar-refractivity contribution in [3.63, 3.8) is 0 Å². The van der Waals surface area contributed by atoms with E-state index in [4.69, 9.17) is 0 Å². The lowest BCUT2D eigenvalue weighted by atomic mass is 10.1. The van der Waals surface area contributed by atoms with E-state index < -0.39 is 0 Å². The van der Waals surface area contributed by atoms with Gasteiger partial charge in [0.2, 0.25) is 0 Å². The molecule has 0 spiro atoms. The standard InChI is InChI=1S/C20H25N5O/c1-21-19-14-22-13-17(23-19)18-5-4-12-25(18)20(26)15-6-8-16(9-7-15)24-10-2-3-11-24/h6-9,13-14,18H,2-5,10-12H2,1H3,(H,21,23)/t18-/m0/s1. The van der Waals surface area contributed by atoms with Gasteiger partial charge in [-0.15, -0.1) is 0 Å². The van der Waals surface area contributed by atoms with Crippen LogP contribution < -0.4 is 10.2 Å². The van der Waals surface area contributed by atoms with E-state index in [0.717, 1.165) is 49.6 Å². The van der Waals surface area contributed by atoms with Gasteiger partial charge in [-0.25, -0.2) is 4.98 Å². The number of hydrogen-bond donors (Lipinski definition) is 1. The first kappa shape index (κ1) is 16.8. The molecular weight excluding hydrogens is 326 g/mol. The average Bonchev–Trinajstić information content (AvgIpc) is 3.39. The molecule has 0 unspecified atom stereocenters. The van der Waals surface area contributed by atoms with Crippen LogP contribution in [0.1, 0.15) is 47.8 Å². The minimum absolute atomic E-state index is 0.00144. The second-order valence-corrected chi connectivity index (χ2v) is 6.98. The van der Waals surface area contributed by atoms with E-state index >= 15 is 0 Å². The fourth-order valence-electron chi connectivity index (χ4n) is 3.94. The van der Waals surface area contributed by atoms with Crippen LogP contribution in [0.25, 0.3) is 0 Å². The number of aromatic nitrogens is 2. The van der Waals surface area contributed by atoms with Crippen molar-refractivity contribution in [2.45, 2.75) is 31.7 Å². The summed E-state index contributed by atoms with van der Waals surface area (Å²) in [6, 6.07) is 8.07. The number of likely N-dealkylation sites (tertiary alicyclic amines) is 1. The summed E-state index contributed by atoms with van der Waals surface area (Å²) in [5.74, 6) is 0.814. The van der Waals surface area contributed by atoms with Crippen molar-refractivity contribution < 1.29 is 4.79 Å². The maximum Gasteiger partial charge on any atom is 0.254 e. The van der Waals surface area contributed by atoms with Gasteiger partial charge in [0.15, 0.2) is 0 Å². The molecule has 6 heteroatoms. The molecule has 3 heterocycles. The second-order valence-electron chi connectivity index (χ2n) is 6.98. The number of anilines is 2. The predicted molar refractivity (Wildman–Crippen MR) is 102 cm³/mol. The molecule has 26 heavy (non-hydrogen) atoms. The quantitative estimate of drug-likeness (QED) is 0.917. The minimum Gasteiger partial charge on any atom is -0.372 e. The Kier molecular flexibility index (Phi) is 4.73. The van der Waals surface area contributed by atoms with Crippen molar-refractivity contribution in [2.24, 2.45) is 0 Å². The van der Waals surface area contributed by atoms with Crippen LogP contribution >= 0.6 is 0 Å². The summed E-state index contributed by atoms with van der Waals surface area (Å²) in [6.45, 7) is 2.99. The molecule has 2 aromatic rings. The van der Waals surface area contributed by atoms with Gasteiger partial charge >= 0.3 is 0 Å². The molecule has 1 N–H and O–H groups in total. The van der Waals surface area contributed by atoms with Gasteiger partial charge in [0.05, 0.1) is 24.1 Å². The molecule has 0 aliphatic carbocycles. The highest BCUT2D eigenvalue weighted by molar-refractivity contribution is 5.95. The van der Waals surface area contributed by atoms with Crippen molar-refractivity contribution in [1.29, 1.82) is 0 Å². The van der Waals surface area contributed by atoms with Gasteiger partial charge in [-0.3, -0.25) is 9.78 Å². The fraction of sp³-hybridized carbons (Fsp3) is 0.450. The van der Waals surface area contributed by atoms with Gasteiger partial charge < -0.3 is 15.1 Å². The van der Waals surface area contributed by atoms with Crippen LogP contribution in [0.3, 0.4) is 0 Å². The third-order valence-electron chi connectivity index (χ3n) is 5.35. The fourth-order valence-corrected chi connectivity index (χ4v) is 3.94. The smallest absolute Gasteiger partial charge is 0.254 e. The van der Waals surface area contributed by atoms with Gasteiger partial charge in [-0.05, 0) is 49.9 Å². The molecule has 1 amide bonds. The largest absolute Gasteiger partial charge is 0.372 e. The maximum absolute atomic E-state index is 13.1. The molecule has 2 aliphatic rings. The zero-order valence-corrected chi connectivity index (χ0v) is 15.2. The molecule has 2 saturated heterocycles. The molecule has 4 rings (SSSR count). The molecule has 1 atom stereocenters. The highest BCUT2D eigenvalue weighted by atomic mass is 16.2. The summed E-state index contributed by atoms with van der Waals surface area (Å²) < 4.78 is 0. The molecule has 1 aromatic carbocycles. The average molecular weight is 351 g/mol. The van der Waals surface area contributed by atoms with Gasteiger partial charge in [-0.2, -0.15) is 0 Å². The van der Waals surface area contributed by atoms with Crippen LogP contribution in [0.5, 0.6) is 0 Å². The van der Waals surface area contributed by atoms with Crippen molar-refractivity contribution in [1.82, 2.24) is 14.9 Å². The van der Waals surface area contributed by atoms with Gasteiger partial charge in [0.1, 0.15) is 5.82 Å². The highest BCUT2D eigenvalue weighted by Gasteiger charge is 2.32. The Morgan fingerprint density at radius 3 is 2.58 bits per heavy atom. The van der Waals surface area contributed by atoms with Gasteiger partial charge in [0, 0.05) is 37.9 Å². The Morgan fingerprint density at radius 2 is 1.85 bits per heavy atom. The molecular formula is C20H25N5O. The molecule has 0 bridgehead atoms. The monoisotopic (exact) mass is 351 g/mol. The summed E-state index contributed by atoms with van der Waals surface area (Å²) in [4.78, 5) is 26.2. The number of hydrogen-bond acceptors (Lipinski definition) is 5. The number of nitrogens with one attached hydrogen (secondary N) is 1. The van der Waals surface area contributed by atoms with Crippen molar-refractivity contribution in [2.75, 3.05) is 36.9 Å². The number of amides is 1. The number of benzene rings is 1. The van der Waals surface area contributed by atoms with E-state index in [1.54, 1.807) is 12.4 Å². The van der Waals surface area contributed by atoms with Crippen LogP contribution in [0, 0.1) is 0 Å². The van der Waals surface area contributed by atoms with E-state index in [1.165, 1.54) is 18.5 Å². The normalized spacial score (nSPS) is 19.8. The van der Waals surface area contributed by atoms with Gasteiger partial charge in [0.25, 0.3) is 5.91 Å². The van der Waals surface area contributed by atoms with Crippen molar-refractivity contribution in [3.05, 3.63) is 47.9 Å².